The molecule has 1 atom stereocenters. The van der Waals surface area contributed by atoms with Crippen molar-refractivity contribution in [3.63, 3.8) is 0 Å². The van der Waals surface area contributed by atoms with Gasteiger partial charge in [-0.25, -0.2) is 0 Å². The van der Waals surface area contributed by atoms with E-state index in [1.165, 1.54) is 0 Å². The Balaban J connectivity index is 1.90. The molecule has 0 bridgehead atoms. The molecule has 5 nitrogen and oxygen atoms in total. The highest BCUT2D eigenvalue weighted by Crippen LogP contribution is 2.25. The van der Waals surface area contributed by atoms with E-state index in [-0.39, 0.29) is 11.9 Å². The second-order valence-corrected chi connectivity index (χ2v) is 4.90. The van der Waals surface area contributed by atoms with Gasteiger partial charge in [-0.1, -0.05) is 12.1 Å². The highest BCUT2D eigenvalue weighted by molar-refractivity contribution is 5.82. The van der Waals surface area contributed by atoms with Gasteiger partial charge in [-0.3, -0.25) is 9.48 Å². The third kappa shape index (κ3) is 2.07. The number of carbonyl (C=O) groups is 1. The minimum atomic E-state index is -0.167. The largest absolute Gasteiger partial charge is 0.399 e. The molecule has 98 valence electrons. The molecule has 2 aromatic rings. The smallest absolute Gasteiger partial charge is 0.247 e. The minimum Gasteiger partial charge on any atom is -0.399 e. The molecule has 5 heteroatoms. The molecule has 3 rings (SSSR count). The summed E-state index contributed by atoms with van der Waals surface area (Å²) in [6.45, 7) is 0.789. The molecule has 1 saturated heterocycles. The maximum atomic E-state index is 12.0. The molecule has 1 aromatic heterocycles. The number of rotatable bonds is 2. The molecule has 2 N–H and O–H groups in total. The Morgan fingerprint density at radius 1 is 1.37 bits per heavy atom. The van der Waals surface area contributed by atoms with Crippen molar-refractivity contribution in [3.05, 3.63) is 36.7 Å². The van der Waals surface area contributed by atoms with Crippen LogP contribution in [0.3, 0.4) is 0 Å². The van der Waals surface area contributed by atoms with Crippen molar-refractivity contribution in [2.75, 3.05) is 19.3 Å². The number of anilines is 1. The first-order valence-corrected chi connectivity index (χ1v) is 6.30. The van der Waals surface area contributed by atoms with E-state index in [2.05, 4.69) is 5.10 Å². The zero-order chi connectivity index (χ0) is 13.4. The third-order valence-electron chi connectivity index (χ3n) is 3.54. The average Bonchev–Trinajstić information content (AvgIpc) is 2.98. The van der Waals surface area contributed by atoms with Gasteiger partial charge in [0.15, 0.2) is 0 Å². The standard InChI is InChI=1S/C14H16N4O/c1-17-6-5-13(14(17)19)18-9-11(8-16-18)10-3-2-4-12(15)7-10/h2-4,7-9,13H,5-6,15H2,1H3. The lowest BCUT2D eigenvalue weighted by Gasteiger charge is -2.10. The van der Waals surface area contributed by atoms with Crippen molar-refractivity contribution in [2.24, 2.45) is 0 Å². The zero-order valence-corrected chi connectivity index (χ0v) is 10.8. The first-order valence-electron chi connectivity index (χ1n) is 6.30. The summed E-state index contributed by atoms with van der Waals surface area (Å²) >= 11 is 0. The molecule has 1 amide bonds. The summed E-state index contributed by atoms with van der Waals surface area (Å²) < 4.78 is 1.75. The van der Waals surface area contributed by atoms with Crippen molar-refractivity contribution < 1.29 is 4.79 Å². The number of likely N-dealkylation sites (N-methyl/N-ethyl adjacent to an activating group) is 1. The number of hydrogen-bond donors (Lipinski definition) is 1. The van der Waals surface area contributed by atoms with Crippen LogP contribution in [0.5, 0.6) is 0 Å². The molecule has 2 heterocycles. The number of likely N-dealkylation sites (tertiary alicyclic amines) is 1. The van der Waals surface area contributed by atoms with Gasteiger partial charge in [0.1, 0.15) is 6.04 Å². The number of hydrogen-bond acceptors (Lipinski definition) is 3. The number of nitrogen functional groups attached to an aromatic ring is 1. The van der Waals surface area contributed by atoms with Gasteiger partial charge >= 0.3 is 0 Å². The van der Waals surface area contributed by atoms with Gasteiger partial charge in [0.2, 0.25) is 5.91 Å². The summed E-state index contributed by atoms with van der Waals surface area (Å²) in [5, 5.41) is 4.32. The second kappa shape index (κ2) is 4.42. The normalized spacial score (nSPS) is 19.1. The first kappa shape index (κ1) is 11.8. The highest BCUT2D eigenvalue weighted by atomic mass is 16.2. The molecular weight excluding hydrogens is 240 g/mol. The second-order valence-electron chi connectivity index (χ2n) is 4.90. The Morgan fingerprint density at radius 2 is 2.21 bits per heavy atom. The molecule has 0 saturated carbocycles. The van der Waals surface area contributed by atoms with Crippen LogP contribution in [0.15, 0.2) is 36.7 Å². The average molecular weight is 256 g/mol. The Morgan fingerprint density at radius 3 is 2.89 bits per heavy atom. The van der Waals surface area contributed by atoms with Crippen LogP contribution in [0.2, 0.25) is 0 Å². The molecule has 1 aromatic carbocycles. The van der Waals surface area contributed by atoms with E-state index in [0.717, 1.165) is 29.8 Å². The van der Waals surface area contributed by atoms with Gasteiger partial charge in [0.25, 0.3) is 0 Å². The van der Waals surface area contributed by atoms with Gasteiger partial charge < -0.3 is 10.6 Å². The Labute approximate surface area is 111 Å². The molecule has 1 aliphatic heterocycles. The van der Waals surface area contributed by atoms with Crippen LogP contribution < -0.4 is 5.73 Å². The van der Waals surface area contributed by atoms with Crippen LogP contribution in [-0.2, 0) is 4.79 Å². The maximum Gasteiger partial charge on any atom is 0.247 e. The van der Waals surface area contributed by atoms with E-state index in [9.17, 15) is 4.79 Å². The number of aromatic nitrogens is 2. The lowest BCUT2D eigenvalue weighted by atomic mass is 10.1. The number of nitrogens with two attached hydrogens (primary N) is 1. The number of amides is 1. The van der Waals surface area contributed by atoms with Crippen molar-refractivity contribution in [2.45, 2.75) is 12.5 Å². The Bertz CT molecular complexity index is 619. The SMILES string of the molecule is CN1CCC(n2cc(-c3cccc(N)c3)cn2)C1=O. The van der Waals surface area contributed by atoms with Gasteiger partial charge in [-0.2, -0.15) is 5.10 Å². The fourth-order valence-corrected chi connectivity index (χ4v) is 2.43. The molecule has 19 heavy (non-hydrogen) atoms. The maximum absolute atomic E-state index is 12.0. The van der Waals surface area contributed by atoms with E-state index in [1.54, 1.807) is 15.8 Å². The molecule has 1 unspecified atom stereocenters. The van der Waals surface area contributed by atoms with Gasteiger partial charge in [-0.15, -0.1) is 0 Å². The quantitative estimate of drug-likeness (QED) is 0.829. The van der Waals surface area contributed by atoms with Gasteiger partial charge in [-0.05, 0) is 24.1 Å². The predicted octanol–water partition coefficient (Wildman–Crippen LogP) is 1.54. The monoisotopic (exact) mass is 256 g/mol. The van der Waals surface area contributed by atoms with E-state index in [4.69, 9.17) is 5.73 Å². The summed E-state index contributed by atoms with van der Waals surface area (Å²) in [5.74, 6) is 0.127. The number of carbonyl (C=O) groups excluding carboxylic acids is 1. The summed E-state index contributed by atoms with van der Waals surface area (Å²) in [4.78, 5) is 13.7. The fraction of sp³-hybridized carbons (Fsp3) is 0.286. The number of nitrogens with zero attached hydrogens (tertiary/aromatic N) is 3. The van der Waals surface area contributed by atoms with E-state index in [0.29, 0.717) is 0 Å². The first-order chi connectivity index (χ1) is 9.15. The van der Waals surface area contributed by atoms with Crippen molar-refractivity contribution in [1.82, 2.24) is 14.7 Å². The number of benzene rings is 1. The summed E-state index contributed by atoms with van der Waals surface area (Å²) in [5.41, 5.74) is 8.50. The predicted molar refractivity (Wildman–Crippen MR) is 73.4 cm³/mol. The van der Waals surface area contributed by atoms with E-state index < -0.39 is 0 Å². The van der Waals surface area contributed by atoms with Crippen molar-refractivity contribution >= 4 is 11.6 Å². The molecular formula is C14H16N4O. The summed E-state index contributed by atoms with van der Waals surface area (Å²) in [7, 11) is 1.82. The van der Waals surface area contributed by atoms with Gasteiger partial charge in [0.05, 0.1) is 6.20 Å². The van der Waals surface area contributed by atoms with Crippen LogP contribution in [0.1, 0.15) is 12.5 Å². The van der Waals surface area contributed by atoms with Crippen molar-refractivity contribution in [1.29, 1.82) is 0 Å². The third-order valence-corrected chi connectivity index (χ3v) is 3.54. The van der Waals surface area contributed by atoms with Crippen LogP contribution >= 0.6 is 0 Å². The molecule has 1 aliphatic rings. The van der Waals surface area contributed by atoms with E-state index >= 15 is 0 Å². The minimum absolute atomic E-state index is 0.127. The lowest BCUT2D eigenvalue weighted by Crippen LogP contribution is -2.24. The van der Waals surface area contributed by atoms with Gasteiger partial charge in [0, 0.05) is 31.0 Å². The lowest BCUT2D eigenvalue weighted by molar-refractivity contribution is -0.129. The van der Waals surface area contributed by atoms with Crippen LogP contribution in [0.4, 0.5) is 5.69 Å². The summed E-state index contributed by atoms with van der Waals surface area (Å²) in [6, 6.07) is 7.49. The Hall–Kier alpha value is -2.30. The fourth-order valence-electron chi connectivity index (χ4n) is 2.43. The van der Waals surface area contributed by atoms with Crippen LogP contribution in [0, 0.1) is 0 Å². The molecule has 1 fully saturated rings. The molecule has 0 spiro atoms. The van der Waals surface area contributed by atoms with E-state index in [1.807, 2.05) is 37.5 Å². The van der Waals surface area contributed by atoms with Crippen molar-refractivity contribution in [3.8, 4) is 11.1 Å². The summed E-state index contributed by atoms with van der Waals surface area (Å²) in [6.07, 6.45) is 4.50. The van der Waals surface area contributed by atoms with Crippen LogP contribution in [-0.4, -0.2) is 34.2 Å². The topological polar surface area (TPSA) is 64.2 Å². The van der Waals surface area contributed by atoms with Crippen LogP contribution in [0.25, 0.3) is 11.1 Å². The zero-order valence-electron chi connectivity index (χ0n) is 10.8. The molecule has 0 aliphatic carbocycles. The Kier molecular flexibility index (Phi) is 2.74. The molecule has 0 radical (unpaired) electrons. The highest BCUT2D eigenvalue weighted by Gasteiger charge is 2.31.